The summed E-state index contributed by atoms with van der Waals surface area (Å²) in [5.41, 5.74) is -0.819. The standard InChI is InChI=1S/C21H30NO3.BrH/c1-22(2)17-12-13-18(22)19(14-17)25-20(23)21(24,16-10-6-7-11-16)15-8-4-3-5-9-15;/h3-5,8-9,16-19,24H,6-7,10-14H2,1-2H3;1H/q+1;/p-1/t17?,18-,19+,21-;/m1./s1. The van der Waals surface area contributed by atoms with Gasteiger partial charge in [-0.25, -0.2) is 4.79 Å². The minimum Gasteiger partial charge on any atom is -1.00 e. The summed E-state index contributed by atoms with van der Waals surface area (Å²) in [6.07, 6.45) is 7.13. The van der Waals surface area contributed by atoms with Gasteiger partial charge in [-0.2, -0.15) is 0 Å². The molecule has 1 aromatic carbocycles. The molecule has 3 aliphatic rings. The number of hydrogen-bond acceptors (Lipinski definition) is 3. The molecule has 4 rings (SSSR count). The molecule has 4 nitrogen and oxygen atoms in total. The molecule has 2 bridgehead atoms. The molecule has 5 heteroatoms. The Morgan fingerprint density at radius 2 is 1.77 bits per heavy atom. The number of ether oxygens (including phenoxy) is 1. The Kier molecular flexibility index (Phi) is 5.53. The Hall–Kier alpha value is -0.910. The number of halogens is 1. The quantitative estimate of drug-likeness (QED) is 0.547. The average Bonchev–Trinajstić information content (AvgIpc) is 3.30. The van der Waals surface area contributed by atoms with Crippen LogP contribution in [0.3, 0.4) is 0 Å². The Bertz CT molecular complexity index is 644. The fourth-order valence-corrected chi connectivity index (χ4v) is 5.64. The number of rotatable bonds is 4. The zero-order valence-electron chi connectivity index (χ0n) is 15.7. The minimum absolute atomic E-state index is 0. The van der Waals surface area contributed by atoms with Gasteiger partial charge in [0.25, 0.3) is 0 Å². The van der Waals surface area contributed by atoms with Crippen molar-refractivity contribution in [2.24, 2.45) is 5.92 Å². The minimum atomic E-state index is -1.50. The SMILES string of the molecule is C[N+]1(C)C2CC[C@@H]1[C@@H](OC(=O)[C@@](O)(c1ccccc1)C1CCCC1)C2.[Br-]. The van der Waals surface area contributed by atoms with E-state index in [0.717, 1.165) is 43.0 Å². The number of quaternary nitrogens is 1. The fourth-order valence-electron chi connectivity index (χ4n) is 5.64. The van der Waals surface area contributed by atoms with Gasteiger partial charge in [0.05, 0.1) is 20.1 Å². The van der Waals surface area contributed by atoms with Gasteiger partial charge >= 0.3 is 5.97 Å². The van der Waals surface area contributed by atoms with Crippen LogP contribution in [0.25, 0.3) is 0 Å². The van der Waals surface area contributed by atoms with Crippen molar-refractivity contribution in [3.63, 3.8) is 0 Å². The Balaban J connectivity index is 0.00000196. The topological polar surface area (TPSA) is 46.5 Å². The van der Waals surface area contributed by atoms with Crippen molar-refractivity contribution in [2.45, 2.75) is 68.7 Å². The highest BCUT2D eigenvalue weighted by atomic mass is 79.9. The molecule has 1 saturated carbocycles. The number of fused-ring (bicyclic) bond motifs is 2. The molecule has 1 N–H and O–H groups in total. The van der Waals surface area contributed by atoms with E-state index >= 15 is 0 Å². The fraction of sp³-hybridized carbons (Fsp3) is 0.667. The summed E-state index contributed by atoms with van der Waals surface area (Å²) in [7, 11) is 4.49. The number of likely N-dealkylation sites (N-methyl/N-ethyl adjacent to an activating group) is 1. The molecule has 4 atom stereocenters. The highest BCUT2D eigenvalue weighted by Gasteiger charge is 2.58. The molecule has 26 heavy (non-hydrogen) atoms. The molecular weight excluding hydrogens is 394 g/mol. The van der Waals surface area contributed by atoms with Gasteiger partial charge in [-0.3, -0.25) is 0 Å². The second kappa shape index (κ2) is 7.25. The van der Waals surface area contributed by atoms with E-state index in [1.165, 1.54) is 6.42 Å². The van der Waals surface area contributed by atoms with E-state index in [2.05, 4.69) is 14.1 Å². The maximum absolute atomic E-state index is 13.2. The molecule has 1 unspecified atom stereocenters. The van der Waals surface area contributed by atoms with Gasteiger partial charge in [-0.1, -0.05) is 43.2 Å². The van der Waals surface area contributed by atoms with E-state index in [4.69, 9.17) is 4.74 Å². The third-order valence-corrected chi connectivity index (χ3v) is 7.25. The third-order valence-electron chi connectivity index (χ3n) is 7.25. The molecule has 1 aliphatic carbocycles. The van der Waals surface area contributed by atoms with Crippen LogP contribution in [-0.4, -0.2) is 47.8 Å². The van der Waals surface area contributed by atoms with Gasteiger partial charge in [-0.05, 0) is 18.4 Å². The van der Waals surface area contributed by atoms with Crippen molar-refractivity contribution >= 4 is 5.97 Å². The number of benzene rings is 1. The zero-order chi connectivity index (χ0) is 17.7. The molecular formula is C21H30BrNO3. The summed E-state index contributed by atoms with van der Waals surface area (Å²) < 4.78 is 6.96. The number of esters is 1. The second-order valence-electron chi connectivity index (χ2n) is 8.72. The molecule has 0 aromatic heterocycles. The number of carbonyl (C=O) groups is 1. The van der Waals surface area contributed by atoms with Crippen molar-refractivity contribution < 1.29 is 36.1 Å². The van der Waals surface area contributed by atoms with Crippen LogP contribution >= 0.6 is 0 Å². The molecule has 0 radical (unpaired) electrons. The third kappa shape index (κ3) is 3.02. The average molecular weight is 424 g/mol. The summed E-state index contributed by atoms with van der Waals surface area (Å²) in [5.74, 6) is -0.466. The summed E-state index contributed by atoms with van der Waals surface area (Å²) in [5, 5.41) is 11.5. The van der Waals surface area contributed by atoms with Crippen LogP contribution in [0.2, 0.25) is 0 Å². The largest absolute Gasteiger partial charge is 1.00 e. The highest BCUT2D eigenvalue weighted by Crippen LogP contribution is 2.46. The van der Waals surface area contributed by atoms with Gasteiger partial charge in [0, 0.05) is 25.2 Å². The molecule has 144 valence electrons. The molecule has 3 fully saturated rings. The molecule has 2 saturated heterocycles. The van der Waals surface area contributed by atoms with Gasteiger partial charge < -0.3 is 31.3 Å². The number of hydrogen-bond donors (Lipinski definition) is 1. The van der Waals surface area contributed by atoms with Crippen molar-refractivity contribution in [3.8, 4) is 0 Å². The predicted octanol–water partition coefficient (Wildman–Crippen LogP) is -0.00870. The van der Waals surface area contributed by atoms with Crippen molar-refractivity contribution in [1.29, 1.82) is 0 Å². The molecule has 1 aromatic rings. The van der Waals surface area contributed by atoms with Crippen LogP contribution < -0.4 is 17.0 Å². The number of aliphatic hydroxyl groups is 1. The molecule has 2 heterocycles. The second-order valence-corrected chi connectivity index (χ2v) is 8.72. The summed E-state index contributed by atoms with van der Waals surface area (Å²) in [4.78, 5) is 13.2. The molecule has 0 amide bonds. The maximum Gasteiger partial charge on any atom is 0.343 e. The maximum atomic E-state index is 13.2. The highest BCUT2D eigenvalue weighted by molar-refractivity contribution is 5.82. The lowest BCUT2D eigenvalue weighted by atomic mass is 9.80. The van der Waals surface area contributed by atoms with E-state index in [9.17, 15) is 9.90 Å². The normalized spacial score (nSPS) is 32.0. The summed E-state index contributed by atoms with van der Waals surface area (Å²) in [6, 6.07) is 10.4. The van der Waals surface area contributed by atoms with Crippen LogP contribution in [0.1, 0.15) is 50.5 Å². The lowest BCUT2D eigenvalue weighted by molar-refractivity contribution is -0.913. The van der Waals surface area contributed by atoms with Crippen molar-refractivity contribution in [1.82, 2.24) is 0 Å². The Morgan fingerprint density at radius 3 is 2.31 bits per heavy atom. The number of carbonyl (C=O) groups excluding carboxylic acids is 1. The zero-order valence-corrected chi connectivity index (χ0v) is 17.3. The van der Waals surface area contributed by atoms with Gasteiger partial charge in [-0.15, -0.1) is 0 Å². The van der Waals surface area contributed by atoms with Crippen LogP contribution in [-0.2, 0) is 15.1 Å². The van der Waals surface area contributed by atoms with Crippen molar-refractivity contribution in [2.75, 3.05) is 14.1 Å². The van der Waals surface area contributed by atoms with Crippen LogP contribution in [0, 0.1) is 5.92 Å². The Labute approximate surface area is 166 Å². The van der Waals surface area contributed by atoms with Gasteiger partial charge in [0.15, 0.2) is 11.7 Å². The predicted molar refractivity (Wildman–Crippen MR) is 95.7 cm³/mol. The first-order chi connectivity index (χ1) is 11.9. The first-order valence-electron chi connectivity index (χ1n) is 9.76. The first-order valence-corrected chi connectivity index (χ1v) is 9.76. The summed E-state index contributed by atoms with van der Waals surface area (Å²) in [6.45, 7) is 0. The van der Waals surface area contributed by atoms with E-state index < -0.39 is 11.6 Å². The smallest absolute Gasteiger partial charge is 0.343 e. The lowest BCUT2D eigenvalue weighted by Crippen LogP contribution is -3.00. The van der Waals surface area contributed by atoms with E-state index in [0.29, 0.717) is 17.6 Å². The summed E-state index contributed by atoms with van der Waals surface area (Å²) >= 11 is 0. The molecule has 2 aliphatic heterocycles. The van der Waals surface area contributed by atoms with Crippen LogP contribution in [0.4, 0.5) is 0 Å². The number of nitrogens with zero attached hydrogens (tertiary/aromatic N) is 1. The van der Waals surface area contributed by atoms with Gasteiger partial charge in [0.1, 0.15) is 6.04 Å². The van der Waals surface area contributed by atoms with Crippen LogP contribution in [0.15, 0.2) is 30.3 Å². The first kappa shape index (κ1) is 19.8. The van der Waals surface area contributed by atoms with Gasteiger partial charge in [0.2, 0.25) is 0 Å². The van der Waals surface area contributed by atoms with E-state index in [1.807, 2.05) is 30.3 Å². The lowest BCUT2D eigenvalue weighted by Gasteiger charge is -2.35. The van der Waals surface area contributed by atoms with E-state index in [-0.39, 0.29) is 29.0 Å². The van der Waals surface area contributed by atoms with Crippen LogP contribution in [0.5, 0.6) is 0 Å². The monoisotopic (exact) mass is 423 g/mol. The molecule has 0 spiro atoms. The Morgan fingerprint density at radius 1 is 1.12 bits per heavy atom. The van der Waals surface area contributed by atoms with E-state index in [1.54, 1.807) is 0 Å². The van der Waals surface area contributed by atoms with Crippen molar-refractivity contribution in [3.05, 3.63) is 35.9 Å².